The van der Waals surface area contributed by atoms with Crippen LogP contribution >= 0.6 is 0 Å². The molecule has 1 aromatic carbocycles. The van der Waals surface area contributed by atoms with E-state index in [9.17, 15) is 5.26 Å². The van der Waals surface area contributed by atoms with Crippen LogP contribution in [0.25, 0.3) is 10.9 Å². The summed E-state index contributed by atoms with van der Waals surface area (Å²) in [5, 5.41) is 10.2. The van der Waals surface area contributed by atoms with Crippen LogP contribution in [0.1, 0.15) is 5.56 Å². The third-order valence-corrected chi connectivity index (χ3v) is 3.28. The van der Waals surface area contributed by atoms with Crippen molar-refractivity contribution in [2.75, 3.05) is 45.4 Å². The van der Waals surface area contributed by atoms with Gasteiger partial charge in [-0.15, -0.1) is 0 Å². The van der Waals surface area contributed by atoms with Gasteiger partial charge in [-0.2, -0.15) is 5.26 Å². The van der Waals surface area contributed by atoms with Crippen LogP contribution in [0.3, 0.4) is 0 Å². The maximum absolute atomic E-state index is 9.35. The molecule has 0 saturated carbocycles. The monoisotopic (exact) mass is 285 g/mol. The van der Waals surface area contributed by atoms with Gasteiger partial charge in [-0.05, 0) is 12.1 Å². The fourth-order valence-electron chi connectivity index (χ4n) is 2.16. The number of ether oxygens (including phenoxy) is 2. The molecule has 2 rings (SSSR count). The molecule has 0 spiro atoms. The number of nitriles is 1. The Balaban J connectivity index is 2.39. The Bertz CT molecular complexity index is 629. The van der Waals surface area contributed by atoms with Gasteiger partial charge in [0, 0.05) is 32.7 Å². The van der Waals surface area contributed by atoms with Crippen molar-refractivity contribution in [3.05, 3.63) is 35.9 Å². The van der Waals surface area contributed by atoms with Crippen LogP contribution in [0.15, 0.2) is 30.3 Å². The van der Waals surface area contributed by atoms with Gasteiger partial charge in [-0.3, -0.25) is 0 Å². The fraction of sp³-hybridized carbons (Fsp3) is 0.375. The quantitative estimate of drug-likeness (QED) is 0.780. The molecule has 5 nitrogen and oxygen atoms in total. The Morgan fingerprint density at radius 3 is 2.43 bits per heavy atom. The predicted molar refractivity (Wildman–Crippen MR) is 82.4 cm³/mol. The first kappa shape index (κ1) is 15.2. The van der Waals surface area contributed by atoms with E-state index in [1.54, 1.807) is 14.2 Å². The number of hydrogen-bond acceptors (Lipinski definition) is 5. The molecule has 0 saturated heterocycles. The molecule has 5 heteroatoms. The average molecular weight is 285 g/mol. The maximum atomic E-state index is 9.35. The second kappa shape index (κ2) is 7.58. The van der Waals surface area contributed by atoms with E-state index in [0.29, 0.717) is 31.9 Å². The summed E-state index contributed by atoms with van der Waals surface area (Å²) in [6, 6.07) is 11.8. The van der Waals surface area contributed by atoms with Gasteiger partial charge in [0.25, 0.3) is 0 Å². The van der Waals surface area contributed by atoms with E-state index in [1.165, 1.54) is 0 Å². The lowest BCUT2D eigenvalue weighted by molar-refractivity contribution is 0.190. The highest BCUT2D eigenvalue weighted by atomic mass is 16.5. The molecule has 0 bridgehead atoms. The zero-order chi connectivity index (χ0) is 15.1. The Labute approximate surface area is 124 Å². The topological polar surface area (TPSA) is 58.4 Å². The molecule has 0 unspecified atom stereocenters. The van der Waals surface area contributed by atoms with Gasteiger partial charge in [-0.25, -0.2) is 4.98 Å². The van der Waals surface area contributed by atoms with Crippen molar-refractivity contribution in [2.45, 2.75) is 0 Å². The molecule has 110 valence electrons. The summed E-state index contributed by atoms with van der Waals surface area (Å²) in [6.07, 6.45) is 0. The Morgan fingerprint density at radius 1 is 1.14 bits per heavy atom. The minimum absolute atomic E-state index is 0.597. The smallest absolute Gasteiger partial charge is 0.130 e. The van der Waals surface area contributed by atoms with Gasteiger partial charge in [0.15, 0.2) is 0 Å². The number of hydrogen-bond donors (Lipinski definition) is 0. The number of para-hydroxylation sites is 1. The number of methoxy groups -OCH3 is 2. The Kier molecular flexibility index (Phi) is 5.50. The zero-order valence-electron chi connectivity index (χ0n) is 12.4. The molecule has 0 atom stereocenters. The first-order valence-corrected chi connectivity index (χ1v) is 6.83. The fourth-order valence-corrected chi connectivity index (χ4v) is 2.16. The van der Waals surface area contributed by atoms with Crippen LogP contribution in [-0.2, 0) is 9.47 Å². The zero-order valence-corrected chi connectivity index (χ0v) is 12.4. The second-order valence-corrected chi connectivity index (χ2v) is 4.63. The van der Waals surface area contributed by atoms with Gasteiger partial charge in [0.2, 0.25) is 0 Å². The van der Waals surface area contributed by atoms with Gasteiger partial charge in [0.1, 0.15) is 5.82 Å². The molecule has 0 radical (unpaired) electrons. The largest absolute Gasteiger partial charge is 0.383 e. The lowest BCUT2D eigenvalue weighted by Gasteiger charge is -2.23. The third kappa shape index (κ3) is 3.69. The van der Waals surface area contributed by atoms with Gasteiger partial charge < -0.3 is 14.4 Å². The molecular formula is C16H19N3O2. The first-order valence-electron chi connectivity index (χ1n) is 6.83. The van der Waals surface area contributed by atoms with E-state index in [0.717, 1.165) is 16.7 Å². The number of aromatic nitrogens is 1. The summed E-state index contributed by atoms with van der Waals surface area (Å²) in [7, 11) is 3.34. The highest BCUT2D eigenvalue weighted by Crippen LogP contribution is 2.22. The molecule has 0 aliphatic rings. The number of pyridine rings is 1. The average Bonchev–Trinajstić information content (AvgIpc) is 2.54. The van der Waals surface area contributed by atoms with Gasteiger partial charge in [0.05, 0.1) is 30.4 Å². The number of anilines is 1. The Morgan fingerprint density at radius 2 is 1.81 bits per heavy atom. The lowest BCUT2D eigenvalue weighted by Crippen LogP contribution is -2.31. The van der Waals surface area contributed by atoms with E-state index >= 15 is 0 Å². The summed E-state index contributed by atoms with van der Waals surface area (Å²) in [5.74, 6) is 0.777. The van der Waals surface area contributed by atoms with Crippen LogP contribution in [-0.4, -0.2) is 45.5 Å². The second-order valence-electron chi connectivity index (χ2n) is 4.63. The summed E-state index contributed by atoms with van der Waals surface area (Å²) in [4.78, 5) is 6.72. The van der Waals surface area contributed by atoms with Crippen LogP contribution in [0.2, 0.25) is 0 Å². The van der Waals surface area contributed by atoms with E-state index in [1.807, 2.05) is 30.3 Å². The molecule has 21 heavy (non-hydrogen) atoms. The van der Waals surface area contributed by atoms with E-state index in [4.69, 9.17) is 9.47 Å². The normalized spacial score (nSPS) is 10.5. The van der Waals surface area contributed by atoms with Crippen molar-refractivity contribution >= 4 is 16.7 Å². The van der Waals surface area contributed by atoms with Crippen LogP contribution < -0.4 is 4.90 Å². The van der Waals surface area contributed by atoms with Gasteiger partial charge in [-0.1, -0.05) is 18.2 Å². The van der Waals surface area contributed by atoms with Gasteiger partial charge >= 0.3 is 0 Å². The van der Waals surface area contributed by atoms with E-state index < -0.39 is 0 Å². The highest BCUT2D eigenvalue weighted by Gasteiger charge is 2.11. The molecule has 1 aromatic heterocycles. The van der Waals surface area contributed by atoms with Crippen molar-refractivity contribution in [1.29, 1.82) is 5.26 Å². The standard InChI is InChI=1S/C16H19N3O2/c1-20-9-7-19(8-10-21-2)16-11-13(12-17)14-5-3-4-6-15(14)18-16/h3-6,11H,7-10H2,1-2H3. The van der Waals surface area contributed by atoms with Crippen molar-refractivity contribution in [3.63, 3.8) is 0 Å². The minimum atomic E-state index is 0.597. The summed E-state index contributed by atoms with van der Waals surface area (Å²) in [5.41, 5.74) is 1.46. The predicted octanol–water partition coefficient (Wildman–Crippen LogP) is 2.21. The van der Waals surface area contributed by atoms with Crippen molar-refractivity contribution in [2.24, 2.45) is 0 Å². The molecule has 0 amide bonds. The molecule has 0 fully saturated rings. The first-order chi connectivity index (χ1) is 10.3. The van der Waals surface area contributed by atoms with Crippen molar-refractivity contribution in [1.82, 2.24) is 4.98 Å². The van der Waals surface area contributed by atoms with Crippen molar-refractivity contribution in [3.8, 4) is 6.07 Å². The van der Waals surface area contributed by atoms with Crippen molar-refractivity contribution < 1.29 is 9.47 Å². The summed E-state index contributed by atoms with van der Waals surface area (Å²) < 4.78 is 10.3. The van der Waals surface area contributed by atoms with E-state index in [2.05, 4.69) is 16.0 Å². The summed E-state index contributed by atoms with van der Waals surface area (Å²) >= 11 is 0. The number of benzene rings is 1. The molecule has 0 N–H and O–H groups in total. The number of fused-ring (bicyclic) bond motifs is 1. The molecule has 1 heterocycles. The molecule has 0 aliphatic carbocycles. The van der Waals surface area contributed by atoms with Crippen LogP contribution in [0, 0.1) is 11.3 Å². The van der Waals surface area contributed by atoms with Crippen LogP contribution in [0.4, 0.5) is 5.82 Å². The summed E-state index contributed by atoms with van der Waals surface area (Å²) in [6.45, 7) is 2.60. The molecular weight excluding hydrogens is 266 g/mol. The maximum Gasteiger partial charge on any atom is 0.130 e. The number of nitrogens with zero attached hydrogens (tertiary/aromatic N) is 3. The SMILES string of the molecule is COCCN(CCOC)c1cc(C#N)c2ccccc2n1. The van der Waals surface area contributed by atoms with E-state index in [-0.39, 0.29) is 0 Å². The lowest BCUT2D eigenvalue weighted by atomic mass is 10.1. The Hall–Kier alpha value is -2.16. The minimum Gasteiger partial charge on any atom is -0.383 e. The third-order valence-electron chi connectivity index (χ3n) is 3.28. The number of rotatable bonds is 7. The van der Waals surface area contributed by atoms with Crippen LogP contribution in [0.5, 0.6) is 0 Å². The molecule has 2 aromatic rings. The molecule has 0 aliphatic heterocycles. The highest BCUT2D eigenvalue weighted by molar-refractivity contribution is 5.86.